The molecule has 1 atom stereocenters. The third-order valence-corrected chi connectivity index (χ3v) is 5.18. The molecule has 1 aromatic carbocycles. The molecule has 0 amide bonds. The lowest BCUT2D eigenvalue weighted by Gasteiger charge is -2.08. The summed E-state index contributed by atoms with van der Waals surface area (Å²) in [6, 6.07) is 7.15. The standard InChI is InChI=1S/C13H18O5S2/c1-18-13(14)9-11-5-3-4-6-12(11)10-19(15)7-8-20(2,16)17/h3-6H,7-10H2,1-2H3. The van der Waals surface area contributed by atoms with Crippen LogP contribution in [0.1, 0.15) is 11.1 Å². The average molecular weight is 318 g/mol. The molecular weight excluding hydrogens is 300 g/mol. The number of sulfone groups is 1. The molecule has 0 radical (unpaired) electrons. The maximum absolute atomic E-state index is 11.9. The quantitative estimate of drug-likeness (QED) is 0.692. The van der Waals surface area contributed by atoms with E-state index in [1.807, 2.05) is 0 Å². The predicted octanol–water partition coefficient (Wildman–Crippen LogP) is 0.695. The Morgan fingerprint density at radius 1 is 1.25 bits per heavy atom. The summed E-state index contributed by atoms with van der Waals surface area (Å²) in [5.41, 5.74) is 1.54. The summed E-state index contributed by atoms with van der Waals surface area (Å²) in [6.07, 6.45) is 1.24. The van der Waals surface area contributed by atoms with Crippen LogP contribution in [0.4, 0.5) is 0 Å². The molecule has 0 saturated carbocycles. The fourth-order valence-corrected chi connectivity index (χ4v) is 4.32. The van der Waals surface area contributed by atoms with E-state index in [-0.39, 0.29) is 29.6 Å². The molecule has 5 nitrogen and oxygen atoms in total. The molecule has 0 N–H and O–H groups in total. The van der Waals surface area contributed by atoms with Crippen LogP contribution in [-0.2, 0) is 42.3 Å². The van der Waals surface area contributed by atoms with Gasteiger partial charge in [0.1, 0.15) is 9.84 Å². The number of rotatable bonds is 7. The van der Waals surface area contributed by atoms with E-state index in [0.29, 0.717) is 0 Å². The van der Waals surface area contributed by atoms with E-state index in [4.69, 9.17) is 0 Å². The highest BCUT2D eigenvalue weighted by Gasteiger charge is 2.12. The molecule has 0 fully saturated rings. The van der Waals surface area contributed by atoms with Crippen LogP contribution in [0.3, 0.4) is 0 Å². The van der Waals surface area contributed by atoms with Crippen LogP contribution < -0.4 is 0 Å². The van der Waals surface area contributed by atoms with Gasteiger partial charge in [-0.1, -0.05) is 24.3 Å². The zero-order valence-electron chi connectivity index (χ0n) is 11.5. The number of hydrogen-bond acceptors (Lipinski definition) is 5. The van der Waals surface area contributed by atoms with Gasteiger partial charge in [-0.05, 0) is 11.1 Å². The molecule has 20 heavy (non-hydrogen) atoms. The fourth-order valence-electron chi connectivity index (χ4n) is 1.59. The van der Waals surface area contributed by atoms with Gasteiger partial charge in [-0.3, -0.25) is 9.00 Å². The van der Waals surface area contributed by atoms with Crippen molar-refractivity contribution in [3.63, 3.8) is 0 Å². The minimum absolute atomic E-state index is 0.0984. The molecule has 0 heterocycles. The fraction of sp³-hybridized carbons (Fsp3) is 0.462. The van der Waals surface area contributed by atoms with E-state index in [2.05, 4.69) is 4.74 Å². The second kappa shape index (κ2) is 7.54. The monoisotopic (exact) mass is 318 g/mol. The van der Waals surface area contributed by atoms with Crippen LogP contribution in [0.5, 0.6) is 0 Å². The molecule has 0 aromatic heterocycles. The van der Waals surface area contributed by atoms with Gasteiger partial charge in [-0.15, -0.1) is 0 Å². The Hall–Kier alpha value is -1.21. The summed E-state index contributed by atoms with van der Waals surface area (Å²) in [5, 5.41) is 0. The van der Waals surface area contributed by atoms with Gasteiger partial charge in [-0.2, -0.15) is 0 Å². The second-order valence-corrected chi connectivity index (χ2v) is 8.28. The summed E-state index contributed by atoms with van der Waals surface area (Å²) in [7, 11) is -3.07. The Bertz CT molecular complexity index is 593. The van der Waals surface area contributed by atoms with Crippen molar-refractivity contribution >= 4 is 26.6 Å². The topological polar surface area (TPSA) is 77.5 Å². The number of carbonyl (C=O) groups excluding carboxylic acids is 1. The van der Waals surface area contributed by atoms with Gasteiger partial charge in [0.2, 0.25) is 0 Å². The highest BCUT2D eigenvalue weighted by molar-refractivity contribution is 7.92. The van der Waals surface area contributed by atoms with Crippen molar-refractivity contribution in [2.45, 2.75) is 12.2 Å². The van der Waals surface area contributed by atoms with Gasteiger partial charge < -0.3 is 4.74 Å². The van der Waals surface area contributed by atoms with Crippen molar-refractivity contribution in [2.24, 2.45) is 0 Å². The number of ether oxygens (including phenoxy) is 1. The van der Waals surface area contributed by atoms with Crippen LogP contribution in [-0.4, -0.2) is 43.5 Å². The zero-order chi connectivity index (χ0) is 15.2. The van der Waals surface area contributed by atoms with Crippen molar-refractivity contribution in [1.82, 2.24) is 0 Å². The Balaban J connectivity index is 2.72. The van der Waals surface area contributed by atoms with Crippen LogP contribution in [0.25, 0.3) is 0 Å². The molecule has 0 aliphatic heterocycles. The molecular formula is C13H18O5S2. The second-order valence-electron chi connectivity index (χ2n) is 4.44. The minimum Gasteiger partial charge on any atom is -0.469 e. The molecule has 7 heteroatoms. The first-order valence-corrected chi connectivity index (χ1v) is 9.53. The zero-order valence-corrected chi connectivity index (χ0v) is 13.1. The van der Waals surface area contributed by atoms with Crippen molar-refractivity contribution in [3.8, 4) is 0 Å². The molecule has 0 bridgehead atoms. The van der Waals surface area contributed by atoms with Gasteiger partial charge >= 0.3 is 5.97 Å². The molecule has 112 valence electrons. The van der Waals surface area contributed by atoms with E-state index < -0.39 is 20.6 Å². The normalized spacial score (nSPS) is 12.9. The number of esters is 1. The first-order chi connectivity index (χ1) is 9.31. The van der Waals surface area contributed by atoms with Crippen LogP contribution in [0.2, 0.25) is 0 Å². The lowest BCUT2D eigenvalue weighted by atomic mass is 10.1. The lowest BCUT2D eigenvalue weighted by Crippen LogP contribution is -2.14. The molecule has 0 spiro atoms. The highest BCUT2D eigenvalue weighted by Crippen LogP contribution is 2.13. The minimum atomic E-state index is -3.11. The molecule has 1 aromatic rings. The van der Waals surface area contributed by atoms with E-state index in [1.165, 1.54) is 7.11 Å². The highest BCUT2D eigenvalue weighted by atomic mass is 32.2. The maximum Gasteiger partial charge on any atom is 0.309 e. The summed E-state index contributed by atoms with van der Waals surface area (Å²) in [6.45, 7) is 0. The SMILES string of the molecule is COC(=O)Cc1ccccc1CS(=O)CCS(C)(=O)=O. The maximum atomic E-state index is 11.9. The van der Waals surface area contributed by atoms with Crippen molar-refractivity contribution in [1.29, 1.82) is 0 Å². The molecule has 0 aliphatic carbocycles. The van der Waals surface area contributed by atoms with Crippen molar-refractivity contribution in [2.75, 3.05) is 24.9 Å². The summed E-state index contributed by atoms with van der Waals surface area (Å²) >= 11 is 0. The first-order valence-electron chi connectivity index (χ1n) is 5.98. The Kier molecular flexibility index (Phi) is 6.35. The summed E-state index contributed by atoms with van der Waals surface area (Å²) < 4.78 is 38.6. The van der Waals surface area contributed by atoms with Gasteiger partial charge in [0.25, 0.3) is 0 Å². The van der Waals surface area contributed by atoms with Crippen LogP contribution in [0.15, 0.2) is 24.3 Å². The molecule has 1 unspecified atom stereocenters. The van der Waals surface area contributed by atoms with E-state index in [1.54, 1.807) is 24.3 Å². The van der Waals surface area contributed by atoms with Gasteiger partial charge in [0, 0.05) is 28.6 Å². The van der Waals surface area contributed by atoms with E-state index >= 15 is 0 Å². The lowest BCUT2D eigenvalue weighted by molar-refractivity contribution is -0.139. The predicted molar refractivity (Wildman–Crippen MR) is 78.6 cm³/mol. The van der Waals surface area contributed by atoms with Gasteiger partial charge in [0.05, 0.1) is 19.3 Å². The van der Waals surface area contributed by atoms with Gasteiger partial charge in [0.15, 0.2) is 0 Å². The third kappa shape index (κ3) is 6.29. The number of methoxy groups -OCH3 is 1. The third-order valence-electron chi connectivity index (χ3n) is 2.68. The van der Waals surface area contributed by atoms with Crippen LogP contribution in [0, 0.1) is 0 Å². The molecule has 0 saturated heterocycles. The molecule has 1 rings (SSSR count). The van der Waals surface area contributed by atoms with Crippen molar-refractivity contribution < 1.29 is 22.2 Å². The Labute approximate surface area is 121 Å². The largest absolute Gasteiger partial charge is 0.469 e. The number of carbonyl (C=O) groups is 1. The van der Waals surface area contributed by atoms with Gasteiger partial charge in [-0.25, -0.2) is 8.42 Å². The van der Waals surface area contributed by atoms with E-state index in [9.17, 15) is 17.4 Å². The summed E-state index contributed by atoms with van der Waals surface area (Å²) in [4.78, 5) is 11.3. The Morgan fingerprint density at radius 3 is 2.40 bits per heavy atom. The van der Waals surface area contributed by atoms with E-state index in [0.717, 1.165) is 17.4 Å². The molecule has 0 aliphatic rings. The number of benzene rings is 1. The van der Waals surface area contributed by atoms with Crippen molar-refractivity contribution in [3.05, 3.63) is 35.4 Å². The smallest absolute Gasteiger partial charge is 0.309 e. The Morgan fingerprint density at radius 2 is 1.85 bits per heavy atom. The first kappa shape index (κ1) is 16.8. The van der Waals surface area contributed by atoms with Crippen LogP contribution >= 0.6 is 0 Å². The average Bonchev–Trinajstić information content (AvgIpc) is 2.38. The number of hydrogen-bond donors (Lipinski definition) is 0. The summed E-state index contributed by atoms with van der Waals surface area (Å²) in [5.74, 6) is -0.119.